The van der Waals surface area contributed by atoms with Gasteiger partial charge in [-0.1, -0.05) is 30.3 Å². The first-order chi connectivity index (χ1) is 15.5. The van der Waals surface area contributed by atoms with E-state index in [2.05, 4.69) is 25.6 Å². The minimum Gasteiger partial charge on any atom is -0.482 e. The van der Waals surface area contributed by atoms with Crippen molar-refractivity contribution in [3.8, 4) is 17.4 Å². The minimum absolute atomic E-state index is 0.146. The molecule has 0 saturated heterocycles. The van der Waals surface area contributed by atoms with Crippen molar-refractivity contribution in [3.05, 3.63) is 76.4 Å². The molecular weight excluding hydrogens is 496 g/mol. The first-order valence-corrected chi connectivity index (χ1v) is 12.0. The standard InChI is InChI=1S/C23H21BrN2O5S/c24-19-12-16(13-25-23(19)31-15-6-2-1-3-7-15)32(29)26-20-10-4-9-18-17(20)8-5-11-21(18)30-14-22(27)28/h1-3,5-8,11-13,20,26H,4,9-10,14H2,(H,27,28). The first kappa shape index (κ1) is 22.4. The average molecular weight is 517 g/mol. The molecule has 2 atom stereocenters. The van der Waals surface area contributed by atoms with Crippen LogP contribution in [0.1, 0.15) is 30.0 Å². The van der Waals surface area contributed by atoms with E-state index in [1.54, 1.807) is 12.1 Å². The quantitative estimate of drug-likeness (QED) is 0.446. The molecule has 0 spiro atoms. The Morgan fingerprint density at radius 1 is 1.22 bits per heavy atom. The van der Waals surface area contributed by atoms with Crippen molar-refractivity contribution in [1.82, 2.24) is 9.71 Å². The molecular formula is C23H21BrN2O5S. The van der Waals surface area contributed by atoms with Gasteiger partial charge in [-0.25, -0.2) is 18.7 Å². The molecule has 1 aromatic heterocycles. The summed E-state index contributed by atoms with van der Waals surface area (Å²) in [5.74, 6) is 0.591. The maximum atomic E-state index is 13.0. The molecule has 0 aliphatic heterocycles. The number of carboxylic acids is 1. The van der Waals surface area contributed by atoms with Gasteiger partial charge in [0.25, 0.3) is 0 Å². The lowest BCUT2D eigenvalue weighted by Crippen LogP contribution is -2.27. The number of aliphatic carboxylic acids is 1. The van der Waals surface area contributed by atoms with Crippen molar-refractivity contribution in [2.24, 2.45) is 0 Å². The number of nitrogens with one attached hydrogen (secondary N) is 1. The lowest BCUT2D eigenvalue weighted by atomic mass is 9.87. The Bertz CT molecular complexity index is 1140. The molecule has 4 rings (SSSR count). The van der Waals surface area contributed by atoms with Crippen LogP contribution in [-0.2, 0) is 22.2 Å². The van der Waals surface area contributed by atoms with Gasteiger partial charge >= 0.3 is 5.97 Å². The van der Waals surface area contributed by atoms with E-state index in [4.69, 9.17) is 14.6 Å². The maximum absolute atomic E-state index is 13.0. The molecule has 2 unspecified atom stereocenters. The number of benzene rings is 2. The maximum Gasteiger partial charge on any atom is 0.341 e. The van der Waals surface area contributed by atoms with E-state index in [-0.39, 0.29) is 6.04 Å². The van der Waals surface area contributed by atoms with Crippen molar-refractivity contribution < 1.29 is 23.6 Å². The van der Waals surface area contributed by atoms with Crippen LogP contribution in [0.25, 0.3) is 0 Å². The van der Waals surface area contributed by atoms with Crippen LogP contribution in [0.15, 0.2) is 70.2 Å². The van der Waals surface area contributed by atoms with Crippen molar-refractivity contribution in [2.45, 2.75) is 30.2 Å². The third-order valence-corrected chi connectivity index (χ3v) is 6.74. The van der Waals surface area contributed by atoms with Crippen LogP contribution < -0.4 is 14.2 Å². The molecule has 1 aliphatic rings. The van der Waals surface area contributed by atoms with E-state index in [0.717, 1.165) is 30.4 Å². The van der Waals surface area contributed by atoms with Gasteiger partial charge in [0.1, 0.15) is 22.5 Å². The lowest BCUT2D eigenvalue weighted by molar-refractivity contribution is -0.139. The Balaban J connectivity index is 1.48. The second kappa shape index (κ2) is 10.2. The number of ether oxygens (including phenoxy) is 2. The monoisotopic (exact) mass is 516 g/mol. The molecule has 0 amide bonds. The number of carboxylic acid groups (broad SMARTS) is 1. The molecule has 0 fully saturated rings. The fourth-order valence-corrected chi connectivity index (χ4v) is 5.19. The van der Waals surface area contributed by atoms with E-state index >= 15 is 0 Å². The molecule has 1 heterocycles. The predicted molar refractivity (Wildman–Crippen MR) is 123 cm³/mol. The van der Waals surface area contributed by atoms with Gasteiger partial charge in [0, 0.05) is 12.2 Å². The molecule has 3 aromatic rings. The zero-order chi connectivity index (χ0) is 22.5. The highest BCUT2D eigenvalue weighted by Gasteiger charge is 2.25. The van der Waals surface area contributed by atoms with E-state index < -0.39 is 23.6 Å². The largest absolute Gasteiger partial charge is 0.482 e. The van der Waals surface area contributed by atoms with E-state index in [9.17, 15) is 9.00 Å². The van der Waals surface area contributed by atoms with E-state index in [1.807, 2.05) is 42.5 Å². The highest BCUT2D eigenvalue weighted by atomic mass is 79.9. The van der Waals surface area contributed by atoms with Crippen LogP contribution in [0.3, 0.4) is 0 Å². The average Bonchev–Trinajstić information content (AvgIpc) is 2.80. The normalized spacial score (nSPS) is 16.1. The zero-order valence-corrected chi connectivity index (χ0v) is 19.4. The van der Waals surface area contributed by atoms with Gasteiger partial charge in [-0.05, 0) is 70.6 Å². The van der Waals surface area contributed by atoms with Gasteiger partial charge < -0.3 is 14.6 Å². The van der Waals surface area contributed by atoms with Gasteiger partial charge in [0.2, 0.25) is 5.88 Å². The summed E-state index contributed by atoms with van der Waals surface area (Å²) in [6.07, 6.45) is 4.00. The van der Waals surface area contributed by atoms with Crippen LogP contribution in [-0.4, -0.2) is 26.9 Å². The zero-order valence-electron chi connectivity index (χ0n) is 17.0. The smallest absolute Gasteiger partial charge is 0.341 e. The summed E-state index contributed by atoms with van der Waals surface area (Å²) < 4.78 is 28.0. The first-order valence-electron chi connectivity index (χ1n) is 10.0. The highest BCUT2D eigenvalue weighted by Crippen LogP contribution is 2.36. The Morgan fingerprint density at radius 3 is 2.78 bits per heavy atom. The summed E-state index contributed by atoms with van der Waals surface area (Å²) in [7, 11) is -1.50. The number of halogens is 1. The molecule has 9 heteroatoms. The summed E-state index contributed by atoms with van der Waals surface area (Å²) in [4.78, 5) is 15.7. The number of nitrogens with zero attached hydrogens (tertiary/aromatic N) is 1. The van der Waals surface area contributed by atoms with E-state index in [1.165, 1.54) is 6.20 Å². The summed E-state index contributed by atoms with van der Waals surface area (Å²) in [6, 6.07) is 16.4. The van der Waals surface area contributed by atoms with Gasteiger partial charge in [-0.15, -0.1) is 0 Å². The SMILES string of the molecule is O=C(O)COc1cccc2c1CCCC2NS(=O)c1cnc(Oc2ccccc2)c(Br)c1. The van der Waals surface area contributed by atoms with Crippen LogP contribution in [0.2, 0.25) is 0 Å². The molecule has 1 aliphatic carbocycles. The number of aromatic nitrogens is 1. The summed E-state index contributed by atoms with van der Waals surface area (Å²) in [5, 5.41) is 8.90. The summed E-state index contributed by atoms with van der Waals surface area (Å²) in [6.45, 7) is -0.391. The van der Waals surface area contributed by atoms with E-state index in [0.29, 0.717) is 26.7 Å². The third kappa shape index (κ3) is 5.35. The van der Waals surface area contributed by atoms with Gasteiger partial charge in [-0.3, -0.25) is 0 Å². The summed E-state index contributed by atoms with van der Waals surface area (Å²) in [5.41, 5.74) is 1.93. The number of fused-ring (bicyclic) bond motifs is 1. The predicted octanol–water partition coefficient (Wildman–Crippen LogP) is 4.79. The number of pyridine rings is 1. The number of hydrogen-bond acceptors (Lipinski definition) is 5. The van der Waals surface area contributed by atoms with Crippen LogP contribution in [0.5, 0.6) is 17.4 Å². The molecule has 32 heavy (non-hydrogen) atoms. The fraction of sp³-hybridized carbons (Fsp3) is 0.217. The fourth-order valence-electron chi connectivity index (χ4n) is 3.59. The molecule has 7 nitrogen and oxygen atoms in total. The van der Waals surface area contributed by atoms with Crippen molar-refractivity contribution in [1.29, 1.82) is 0 Å². The number of rotatable bonds is 8. The van der Waals surface area contributed by atoms with Crippen molar-refractivity contribution >= 4 is 32.9 Å². The van der Waals surface area contributed by atoms with Crippen LogP contribution in [0, 0.1) is 0 Å². The highest BCUT2D eigenvalue weighted by molar-refractivity contribution is 9.10. The Kier molecular flexibility index (Phi) is 7.19. The minimum atomic E-state index is -1.50. The molecule has 0 saturated carbocycles. The summed E-state index contributed by atoms with van der Waals surface area (Å²) >= 11 is 3.45. The van der Waals surface area contributed by atoms with Crippen LogP contribution >= 0.6 is 15.9 Å². The molecule has 2 N–H and O–H groups in total. The Hall–Kier alpha value is -2.75. The van der Waals surface area contributed by atoms with Gasteiger partial charge in [-0.2, -0.15) is 0 Å². The number of hydrogen-bond donors (Lipinski definition) is 2. The second-order valence-corrected chi connectivity index (χ2v) is 9.31. The van der Waals surface area contributed by atoms with Crippen molar-refractivity contribution in [2.75, 3.05) is 6.61 Å². The van der Waals surface area contributed by atoms with Crippen LogP contribution in [0.4, 0.5) is 0 Å². The second-order valence-electron chi connectivity index (χ2n) is 7.21. The van der Waals surface area contributed by atoms with Crippen molar-refractivity contribution in [3.63, 3.8) is 0 Å². The third-order valence-electron chi connectivity index (χ3n) is 5.02. The molecule has 2 aromatic carbocycles. The molecule has 0 radical (unpaired) electrons. The topological polar surface area (TPSA) is 97.8 Å². The Morgan fingerprint density at radius 2 is 2.03 bits per heavy atom. The number of para-hydroxylation sites is 1. The van der Waals surface area contributed by atoms with Gasteiger partial charge in [0.05, 0.1) is 9.37 Å². The number of carbonyl (C=O) groups is 1. The molecule has 0 bridgehead atoms. The molecule has 166 valence electrons. The Labute approximate surface area is 196 Å². The lowest BCUT2D eigenvalue weighted by Gasteiger charge is -2.27. The van der Waals surface area contributed by atoms with Gasteiger partial charge in [0.15, 0.2) is 6.61 Å².